The maximum atomic E-state index is 12.2. The summed E-state index contributed by atoms with van der Waals surface area (Å²) < 4.78 is 0.969. The SMILES string of the molecule is C#CC(C)NC(=O)c1sc2c(cnc3ccccc32)c1N. The first kappa shape index (κ1) is 13.4. The number of terminal acetylenes is 1. The van der Waals surface area contributed by atoms with Gasteiger partial charge in [-0.15, -0.1) is 17.8 Å². The van der Waals surface area contributed by atoms with Crippen molar-refractivity contribution in [2.45, 2.75) is 13.0 Å². The molecule has 3 rings (SSSR count). The third-order valence-corrected chi connectivity index (χ3v) is 4.52. The number of carbonyl (C=O) groups is 1. The second-order valence-corrected chi connectivity index (χ2v) is 5.75. The molecule has 0 bridgehead atoms. The summed E-state index contributed by atoms with van der Waals surface area (Å²) in [7, 11) is 0. The van der Waals surface area contributed by atoms with Crippen LogP contribution in [0.15, 0.2) is 30.5 Å². The van der Waals surface area contributed by atoms with E-state index in [1.807, 2.05) is 24.3 Å². The Balaban J connectivity index is 2.18. The number of thiophene rings is 1. The van der Waals surface area contributed by atoms with Crippen molar-refractivity contribution < 1.29 is 4.79 Å². The van der Waals surface area contributed by atoms with Crippen LogP contribution in [0.2, 0.25) is 0 Å². The number of pyridine rings is 1. The lowest BCUT2D eigenvalue weighted by Crippen LogP contribution is -2.31. The van der Waals surface area contributed by atoms with Gasteiger partial charge in [0.25, 0.3) is 5.91 Å². The molecule has 1 amide bonds. The molecule has 3 N–H and O–H groups in total. The van der Waals surface area contributed by atoms with E-state index in [-0.39, 0.29) is 11.9 Å². The molecule has 21 heavy (non-hydrogen) atoms. The van der Waals surface area contributed by atoms with Crippen LogP contribution in [-0.2, 0) is 0 Å². The Morgan fingerprint density at radius 2 is 2.19 bits per heavy atom. The summed E-state index contributed by atoms with van der Waals surface area (Å²) >= 11 is 1.37. The lowest BCUT2D eigenvalue weighted by atomic mass is 10.1. The van der Waals surface area contributed by atoms with Crippen molar-refractivity contribution in [3.63, 3.8) is 0 Å². The number of nitrogen functional groups attached to an aromatic ring is 1. The molecule has 0 saturated heterocycles. The topological polar surface area (TPSA) is 68.0 Å². The monoisotopic (exact) mass is 295 g/mol. The van der Waals surface area contributed by atoms with Gasteiger partial charge in [-0.05, 0) is 13.0 Å². The number of fused-ring (bicyclic) bond motifs is 3. The highest BCUT2D eigenvalue weighted by atomic mass is 32.1. The highest BCUT2D eigenvalue weighted by molar-refractivity contribution is 7.22. The summed E-state index contributed by atoms with van der Waals surface area (Å²) in [5, 5.41) is 4.53. The Bertz CT molecular complexity index is 892. The van der Waals surface area contributed by atoms with E-state index in [4.69, 9.17) is 12.2 Å². The Morgan fingerprint density at radius 1 is 1.43 bits per heavy atom. The molecule has 2 heterocycles. The molecule has 0 radical (unpaired) electrons. The molecule has 5 heteroatoms. The fraction of sp³-hybridized carbons (Fsp3) is 0.125. The van der Waals surface area contributed by atoms with Crippen molar-refractivity contribution in [2.24, 2.45) is 0 Å². The van der Waals surface area contributed by atoms with Crippen LogP contribution in [-0.4, -0.2) is 16.9 Å². The first-order valence-electron chi connectivity index (χ1n) is 6.44. The van der Waals surface area contributed by atoms with Gasteiger partial charge in [0.2, 0.25) is 0 Å². The number of carbonyl (C=O) groups excluding carboxylic acids is 1. The van der Waals surface area contributed by atoms with Crippen molar-refractivity contribution in [3.8, 4) is 12.3 Å². The number of rotatable bonds is 2. The molecule has 0 aliphatic carbocycles. The van der Waals surface area contributed by atoms with Crippen LogP contribution >= 0.6 is 11.3 Å². The first-order chi connectivity index (χ1) is 10.1. The minimum Gasteiger partial charge on any atom is -0.397 e. The highest BCUT2D eigenvalue weighted by Gasteiger charge is 2.18. The zero-order valence-corrected chi connectivity index (χ0v) is 12.2. The average molecular weight is 295 g/mol. The summed E-state index contributed by atoms with van der Waals surface area (Å²) in [4.78, 5) is 17.1. The predicted octanol–water partition coefficient (Wildman–Crippen LogP) is 2.78. The quantitative estimate of drug-likeness (QED) is 0.714. The maximum Gasteiger partial charge on any atom is 0.264 e. The summed E-state index contributed by atoms with van der Waals surface area (Å²) in [5.41, 5.74) is 7.44. The van der Waals surface area contributed by atoms with E-state index in [0.717, 1.165) is 21.0 Å². The standard InChI is InChI=1S/C16H13N3OS/c1-3-9(2)19-16(20)15-13(17)11-8-18-12-7-5-4-6-10(12)14(11)21-15/h1,4-9H,17H2,2H3,(H,19,20). The molecule has 1 atom stereocenters. The van der Waals surface area contributed by atoms with Gasteiger partial charge in [-0.2, -0.15) is 0 Å². The number of nitrogens with one attached hydrogen (secondary N) is 1. The van der Waals surface area contributed by atoms with Crippen molar-refractivity contribution in [3.05, 3.63) is 35.3 Å². The second-order valence-electron chi connectivity index (χ2n) is 4.72. The predicted molar refractivity (Wildman–Crippen MR) is 87.3 cm³/mol. The van der Waals surface area contributed by atoms with Crippen LogP contribution in [0, 0.1) is 12.3 Å². The van der Waals surface area contributed by atoms with E-state index >= 15 is 0 Å². The van der Waals surface area contributed by atoms with Crippen LogP contribution in [0.5, 0.6) is 0 Å². The van der Waals surface area contributed by atoms with E-state index in [0.29, 0.717) is 10.6 Å². The molecule has 0 aliphatic heterocycles. The van der Waals surface area contributed by atoms with Gasteiger partial charge in [0.05, 0.1) is 17.2 Å². The third kappa shape index (κ3) is 2.20. The van der Waals surface area contributed by atoms with Crippen molar-refractivity contribution in [1.29, 1.82) is 0 Å². The maximum absolute atomic E-state index is 12.2. The van der Waals surface area contributed by atoms with Crippen LogP contribution in [0.1, 0.15) is 16.6 Å². The average Bonchev–Trinajstić information content (AvgIpc) is 2.85. The zero-order valence-electron chi connectivity index (χ0n) is 11.4. The number of para-hydroxylation sites is 1. The molecule has 0 saturated carbocycles. The smallest absolute Gasteiger partial charge is 0.264 e. The Labute approximate surface area is 126 Å². The van der Waals surface area contributed by atoms with Crippen LogP contribution in [0.4, 0.5) is 5.69 Å². The molecule has 1 unspecified atom stereocenters. The number of amides is 1. The summed E-state index contributed by atoms with van der Waals surface area (Å²) in [6, 6.07) is 7.45. The second kappa shape index (κ2) is 5.08. The van der Waals surface area contributed by atoms with Gasteiger partial charge in [0.15, 0.2) is 0 Å². The van der Waals surface area contributed by atoms with E-state index in [2.05, 4.69) is 16.2 Å². The van der Waals surface area contributed by atoms with Crippen molar-refractivity contribution >= 4 is 43.9 Å². The lowest BCUT2D eigenvalue weighted by molar-refractivity contribution is 0.0953. The van der Waals surface area contributed by atoms with Gasteiger partial charge in [-0.25, -0.2) is 0 Å². The molecule has 1 aromatic carbocycles. The van der Waals surface area contributed by atoms with E-state index < -0.39 is 0 Å². The normalized spacial score (nSPS) is 12.2. The number of hydrogen-bond acceptors (Lipinski definition) is 4. The van der Waals surface area contributed by atoms with E-state index in [1.165, 1.54) is 11.3 Å². The van der Waals surface area contributed by atoms with Crippen LogP contribution < -0.4 is 11.1 Å². The number of nitrogens with two attached hydrogens (primary N) is 1. The number of hydrogen-bond donors (Lipinski definition) is 2. The summed E-state index contributed by atoms with van der Waals surface area (Å²) in [5.74, 6) is 2.22. The van der Waals surface area contributed by atoms with Crippen molar-refractivity contribution in [2.75, 3.05) is 5.73 Å². The minimum absolute atomic E-state index is 0.247. The Hall–Kier alpha value is -2.58. The number of anilines is 1. The molecular formula is C16H13N3OS. The fourth-order valence-corrected chi connectivity index (χ4v) is 3.30. The summed E-state index contributed by atoms with van der Waals surface area (Å²) in [6.45, 7) is 1.75. The van der Waals surface area contributed by atoms with Crippen LogP contribution in [0.3, 0.4) is 0 Å². The van der Waals surface area contributed by atoms with Gasteiger partial charge >= 0.3 is 0 Å². The largest absolute Gasteiger partial charge is 0.397 e. The van der Waals surface area contributed by atoms with E-state index in [1.54, 1.807) is 13.1 Å². The number of aromatic nitrogens is 1. The fourth-order valence-electron chi connectivity index (χ4n) is 2.17. The van der Waals surface area contributed by atoms with Gasteiger partial charge < -0.3 is 11.1 Å². The molecule has 0 fully saturated rings. The molecule has 4 nitrogen and oxygen atoms in total. The van der Waals surface area contributed by atoms with Gasteiger partial charge in [0.1, 0.15) is 4.88 Å². The van der Waals surface area contributed by atoms with Crippen LogP contribution in [0.25, 0.3) is 21.0 Å². The highest BCUT2D eigenvalue weighted by Crippen LogP contribution is 2.37. The van der Waals surface area contributed by atoms with Gasteiger partial charge in [0, 0.05) is 21.7 Å². The third-order valence-electron chi connectivity index (χ3n) is 3.27. The summed E-state index contributed by atoms with van der Waals surface area (Å²) in [6.07, 6.45) is 7.00. The minimum atomic E-state index is -0.336. The number of benzene rings is 1. The Morgan fingerprint density at radius 3 is 2.95 bits per heavy atom. The zero-order chi connectivity index (χ0) is 15.0. The van der Waals surface area contributed by atoms with E-state index in [9.17, 15) is 4.79 Å². The lowest BCUT2D eigenvalue weighted by Gasteiger charge is -2.06. The Kier molecular flexibility index (Phi) is 3.24. The van der Waals surface area contributed by atoms with Crippen molar-refractivity contribution in [1.82, 2.24) is 10.3 Å². The van der Waals surface area contributed by atoms with Gasteiger partial charge in [-0.3, -0.25) is 9.78 Å². The first-order valence-corrected chi connectivity index (χ1v) is 7.26. The number of nitrogens with zero attached hydrogens (tertiary/aromatic N) is 1. The molecule has 0 spiro atoms. The molecule has 2 aromatic heterocycles. The van der Waals surface area contributed by atoms with Gasteiger partial charge in [-0.1, -0.05) is 24.1 Å². The molecule has 104 valence electrons. The molecular weight excluding hydrogens is 282 g/mol. The molecule has 3 aromatic rings. The molecule has 0 aliphatic rings.